The third-order valence-electron chi connectivity index (χ3n) is 2.37. The molecule has 0 spiro atoms. The van der Waals surface area contributed by atoms with Crippen molar-refractivity contribution in [2.45, 2.75) is 13.0 Å². The van der Waals surface area contributed by atoms with Gasteiger partial charge in [-0.2, -0.15) is 5.10 Å². The molecule has 9 heteroatoms. The molecule has 0 aliphatic carbocycles. The minimum Gasteiger partial charge on any atom is -0.502 e. The van der Waals surface area contributed by atoms with Crippen LogP contribution in [-0.4, -0.2) is 41.1 Å². The molecule has 21 heavy (non-hydrogen) atoms. The van der Waals surface area contributed by atoms with Crippen LogP contribution >= 0.6 is 12.2 Å². The van der Waals surface area contributed by atoms with Crippen LogP contribution in [0.1, 0.15) is 12.5 Å². The number of hydrogen-bond donors (Lipinski definition) is 3. The average molecular weight is 312 g/mol. The number of aromatic hydroxyl groups is 1. The van der Waals surface area contributed by atoms with Crippen molar-refractivity contribution in [3.05, 3.63) is 33.9 Å². The van der Waals surface area contributed by atoms with Crippen LogP contribution in [0.25, 0.3) is 0 Å². The first-order valence-corrected chi connectivity index (χ1v) is 6.40. The maximum absolute atomic E-state index is 10.7. The lowest BCUT2D eigenvalue weighted by Gasteiger charge is -2.13. The molecule has 1 rings (SSSR count). The lowest BCUT2D eigenvalue weighted by atomic mass is 10.2. The molecule has 0 heterocycles. The van der Waals surface area contributed by atoms with E-state index in [1.54, 1.807) is 7.11 Å². The van der Waals surface area contributed by atoms with Gasteiger partial charge in [-0.25, -0.2) is 0 Å². The number of phenols is 1. The summed E-state index contributed by atoms with van der Waals surface area (Å²) in [5.41, 5.74) is 2.66. The van der Waals surface area contributed by atoms with Crippen LogP contribution in [0, 0.1) is 10.1 Å². The van der Waals surface area contributed by atoms with Gasteiger partial charge in [0.1, 0.15) is 0 Å². The first kappa shape index (κ1) is 16.8. The fourth-order valence-corrected chi connectivity index (χ4v) is 1.73. The van der Waals surface area contributed by atoms with E-state index in [4.69, 9.17) is 17.0 Å². The molecule has 0 saturated carbocycles. The fourth-order valence-electron chi connectivity index (χ4n) is 1.48. The Balaban J connectivity index is 2.59. The molecule has 1 aromatic carbocycles. The molecule has 0 amide bonds. The second kappa shape index (κ2) is 8.12. The van der Waals surface area contributed by atoms with Crippen molar-refractivity contribution >= 4 is 29.2 Å². The van der Waals surface area contributed by atoms with Gasteiger partial charge in [-0.05, 0) is 31.3 Å². The van der Waals surface area contributed by atoms with E-state index in [0.29, 0.717) is 17.3 Å². The van der Waals surface area contributed by atoms with Crippen LogP contribution in [-0.2, 0) is 4.74 Å². The Morgan fingerprint density at radius 3 is 3.00 bits per heavy atom. The van der Waals surface area contributed by atoms with Gasteiger partial charge in [0.05, 0.1) is 17.7 Å². The minimum absolute atomic E-state index is 0.0277. The molecular weight excluding hydrogens is 296 g/mol. The minimum atomic E-state index is -0.668. The standard InChI is InChI=1S/C12H16N4O4S/c1-8(7-20-2)14-12(21)15-13-6-9-3-4-11(17)10(5-9)16(18)19/h3-6,8,17H,7H2,1-2H3,(H2,14,15,21)/b13-6-/t8-/m1/s1. The van der Waals surface area contributed by atoms with E-state index in [0.717, 1.165) is 0 Å². The first-order valence-electron chi connectivity index (χ1n) is 6.00. The highest BCUT2D eigenvalue weighted by atomic mass is 32.1. The van der Waals surface area contributed by atoms with Crippen LogP contribution < -0.4 is 10.7 Å². The SMILES string of the molecule is COC[C@@H](C)NC(=S)N/N=C\c1ccc(O)c([N+](=O)[O-])c1. The molecule has 1 aromatic rings. The predicted octanol–water partition coefficient (Wildman–Crippen LogP) is 1.13. The quantitative estimate of drug-likeness (QED) is 0.313. The summed E-state index contributed by atoms with van der Waals surface area (Å²) in [6.07, 6.45) is 1.36. The number of methoxy groups -OCH3 is 1. The van der Waals surface area contributed by atoms with E-state index in [9.17, 15) is 15.2 Å². The zero-order valence-corrected chi connectivity index (χ0v) is 12.4. The number of hydrazone groups is 1. The summed E-state index contributed by atoms with van der Waals surface area (Å²) in [6, 6.07) is 3.97. The summed E-state index contributed by atoms with van der Waals surface area (Å²) < 4.78 is 4.95. The smallest absolute Gasteiger partial charge is 0.311 e. The number of rotatable bonds is 6. The van der Waals surface area contributed by atoms with Gasteiger partial charge in [-0.15, -0.1) is 0 Å². The maximum atomic E-state index is 10.7. The lowest BCUT2D eigenvalue weighted by Crippen LogP contribution is -2.40. The molecule has 0 bridgehead atoms. The summed E-state index contributed by atoms with van der Waals surface area (Å²) in [6.45, 7) is 2.39. The molecule has 0 fully saturated rings. The molecule has 3 N–H and O–H groups in total. The van der Waals surface area contributed by atoms with Gasteiger partial charge in [-0.1, -0.05) is 0 Å². The van der Waals surface area contributed by atoms with E-state index in [1.807, 2.05) is 6.92 Å². The normalized spacial score (nSPS) is 12.1. The van der Waals surface area contributed by atoms with E-state index in [1.165, 1.54) is 24.4 Å². The molecule has 1 atom stereocenters. The van der Waals surface area contributed by atoms with Crippen LogP contribution in [0.15, 0.2) is 23.3 Å². The number of ether oxygens (including phenoxy) is 1. The van der Waals surface area contributed by atoms with Crippen molar-refractivity contribution in [2.75, 3.05) is 13.7 Å². The van der Waals surface area contributed by atoms with Gasteiger partial charge in [0.2, 0.25) is 0 Å². The number of thiocarbonyl (C=S) groups is 1. The Hall–Kier alpha value is -2.26. The number of phenolic OH excluding ortho intramolecular Hbond substituents is 1. The Morgan fingerprint density at radius 2 is 2.38 bits per heavy atom. The second-order valence-electron chi connectivity index (χ2n) is 4.21. The molecule has 0 aromatic heterocycles. The van der Waals surface area contributed by atoms with Crippen molar-refractivity contribution in [3.8, 4) is 5.75 Å². The van der Waals surface area contributed by atoms with Gasteiger partial charge in [0.25, 0.3) is 0 Å². The van der Waals surface area contributed by atoms with Crippen LogP contribution in [0.3, 0.4) is 0 Å². The summed E-state index contributed by atoms with van der Waals surface area (Å²) in [7, 11) is 1.59. The van der Waals surface area contributed by atoms with Crippen LogP contribution in [0.2, 0.25) is 0 Å². The van der Waals surface area contributed by atoms with Crippen molar-refractivity contribution in [3.63, 3.8) is 0 Å². The lowest BCUT2D eigenvalue weighted by molar-refractivity contribution is -0.385. The number of nitro groups is 1. The van der Waals surface area contributed by atoms with E-state index in [2.05, 4.69) is 15.8 Å². The zero-order valence-electron chi connectivity index (χ0n) is 11.6. The largest absolute Gasteiger partial charge is 0.502 e. The highest BCUT2D eigenvalue weighted by Gasteiger charge is 2.12. The van der Waals surface area contributed by atoms with Crippen molar-refractivity contribution < 1.29 is 14.8 Å². The van der Waals surface area contributed by atoms with E-state index < -0.39 is 10.7 Å². The summed E-state index contributed by atoms with van der Waals surface area (Å²) >= 11 is 5.01. The summed E-state index contributed by atoms with van der Waals surface area (Å²) in [4.78, 5) is 10.0. The van der Waals surface area contributed by atoms with Gasteiger partial charge in [0.15, 0.2) is 10.9 Å². The Kier molecular flexibility index (Phi) is 6.50. The van der Waals surface area contributed by atoms with Gasteiger partial charge < -0.3 is 15.2 Å². The fraction of sp³-hybridized carbons (Fsp3) is 0.333. The van der Waals surface area contributed by atoms with Crippen LogP contribution in [0.4, 0.5) is 5.69 Å². The summed E-state index contributed by atoms with van der Waals surface area (Å²) in [5, 5.41) is 27.1. The van der Waals surface area contributed by atoms with Gasteiger partial charge in [0, 0.05) is 24.8 Å². The Morgan fingerprint density at radius 1 is 1.67 bits per heavy atom. The summed E-state index contributed by atoms with van der Waals surface area (Å²) in [5.74, 6) is -0.393. The van der Waals surface area contributed by atoms with E-state index >= 15 is 0 Å². The predicted molar refractivity (Wildman–Crippen MR) is 82.6 cm³/mol. The zero-order chi connectivity index (χ0) is 15.8. The topological polar surface area (TPSA) is 109 Å². The van der Waals surface area contributed by atoms with Crippen molar-refractivity contribution in [2.24, 2.45) is 5.10 Å². The third-order valence-corrected chi connectivity index (χ3v) is 2.58. The monoisotopic (exact) mass is 312 g/mol. The number of benzene rings is 1. The molecule has 114 valence electrons. The Labute approximate surface area is 127 Å². The van der Waals surface area contributed by atoms with Gasteiger partial charge >= 0.3 is 5.69 Å². The molecule has 0 unspecified atom stereocenters. The molecule has 0 aliphatic heterocycles. The highest BCUT2D eigenvalue weighted by molar-refractivity contribution is 7.80. The molecule has 0 radical (unpaired) electrons. The third kappa shape index (κ3) is 5.71. The number of nitrogens with one attached hydrogen (secondary N) is 2. The molecule has 0 saturated heterocycles. The van der Waals surface area contributed by atoms with Crippen molar-refractivity contribution in [1.29, 1.82) is 0 Å². The highest BCUT2D eigenvalue weighted by Crippen LogP contribution is 2.25. The molecule has 8 nitrogen and oxygen atoms in total. The first-order chi connectivity index (χ1) is 9.93. The number of nitrogens with zero attached hydrogens (tertiary/aromatic N) is 2. The number of hydrogen-bond acceptors (Lipinski definition) is 6. The average Bonchev–Trinajstić information content (AvgIpc) is 2.40. The number of nitro benzene ring substituents is 1. The second-order valence-corrected chi connectivity index (χ2v) is 4.61. The molecule has 0 aliphatic rings. The maximum Gasteiger partial charge on any atom is 0.311 e. The van der Waals surface area contributed by atoms with Gasteiger partial charge in [-0.3, -0.25) is 15.5 Å². The van der Waals surface area contributed by atoms with E-state index in [-0.39, 0.29) is 11.7 Å². The van der Waals surface area contributed by atoms with Crippen molar-refractivity contribution in [1.82, 2.24) is 10.7 Å². The Bertz CT molecular complexity index is 550. The van der Waals surface area contributed by atoms with Crippen LogP contribution in [0.5, 0.6) is 5.75 Å². The molecular formula is C12H16N4O4S.